The topological polar surface area (TPSA) is 116 Å². The van der Waals surface area contributed by atoms with Gasteiger partial charge in [-0.05, 0) is 29.8 Å². The molecule has 2 N–H and O–H groups in total. The van der Waals surface area contributed by atoms with Gasteiger partial charge in [-0.1, -0.05) is 12.1 Å². The van der Waals surface area contributed by atoms with E-state index < -0.39 is 27.6 Å². The third kappa shape index (κ3) is 4.67. The monoisotopic (exact) mass is 475 g/mol. The first-order chi connectivity index (χ1) is 15.8. The zero-order valence-electron chi connectivity index (χ0n) is 17.1. The van der Waals surface area contributed by atoms with Crippen LogP contribution in [-0.4, -0.2) is 60.0 Å². The Hall–Kier alpha value is -3.48. The van der Waals surface area contributed by atoms with Crippen molar-refractivity contribution in [3.05, 3.63) is 72.1 Å². The van der Waals surface area contributed by atoms with Crippen molar-refractivity contribution in [2.45, 2.75) is 4.90 Å². The van der Waals surface area contributed by atoms with Crippen molar-refractivity contribution >= 4 is 21.9 Å². The van der Waals surface area contributed by atoms with Gasteiger partial charge in [0.1, 0.15) is 11.6 Å². The van der Waals surface area contributed by atoms with Gasteiger partial charge in [0.2, 0.25) is 16.0 Å². The van der Waals surface area contributed by atoms with Crippen LogP contribution in [0, 0.1) is 11.6 Å². The standard InChI is InChI=1S/C21H19F2N5O4S/c22-16-3-6-18(19(23)11-16)14-1-4-17(5-2-14)33(31,32)28-9-7-27(8-10-28)21-24-12-15(13-25-21)20(29)26-30/h1-6,11-13,30H,7-10H2,(H,26,29). The van der Waals surface area contributed by atoms with Gasteiger partial charge in [-0.25, -0.2) is 32.6 Å². The van der Waals surface area contributed by atoms with Crippen LogP contribution in [0.3, 0.4) is 0 Å². The molecular weight excluding hydrogens is 456 g/mol. The maximum absolute atomic E-state index is 14.0. The summed E-state index contributed by atoms with van der Waals surface area (Å²) >= 11 is 0. The fourth-order valence-corrected chi connectivity index (χ4v) is 4.90. The molecule has 3 aromatic rings. The molecule has 0 radical (unpaired) electrons. The molecule has 9 nitrogen and oxygen atoms in total. The summed E-state index contributed by atoms with van der Waals surface area (Å²) in [7, 11) is -3.77. The molecule has 2 aromatic carbocycles. The summed E-state index contributed by atoms with van der Waals surface area (Å²) in [6.07, 6.45) is 2.53. The first-order valence-corrected chi connectivity index (χ1v) is 11.3. The largest absolute Gasteiger partial charge is 0.338 e. The van der Waals surface area contributed by atoms with E-state index in [1.165, 1.54) is 52.5 Å². The number of hydroxylamine groups is 1. The second-order valence-corrected chi connectivity index (χ2v) is 9.19. The summed E-state index contributed by atoms with van der Waals surface area (Å²) in [5.74, 6) is -1.81. The highest BCUT2D eigenvalue weighted by Crippen LogP contribution is 2.26. The van der Waals surface area contributed by atoms with Gasteiger partial charge in [0.15, 0.2) is 0 Å². The van der Waals surface area contributed by atoms with Crippen LogP contribution in [0.5, 0.6) is 0 Å². The van der Waals surface area contributed by atoms with E-state index in [1.807, 2.05) is 0 Å². The number of anilines is 1. The van der Waals surface area contributed by atoms with E-state index in [9.17, 15) is 22.0 Å². The summed E-state index contributed by atoms with van der Waals surface area (Å²) < 4.78 is 54.5. The number of nitrogens with zero attached hydrogens (tertiary/aromatic N) is 4. The SMILES string of the molecule is O=C(NO)c1cnc(N2CCN(S(=O)(=O)c3ccc(-c4ccc(F)cc4F)cc3)CC2)nc1. The summed E-state index contributed by atoms with van der Waals surface area (Å²) in [5.41, 5.74) is 2.20. The number of benzene rings is 2. The molecule has 1 saturated heterocycles. The number of halogens is 2. The molecule has 1 aliphatic rings. The second kappa shape index (κ2) is 9.17. The lowest BCUT2D eigenvalue weighted by Gasteiger charge is -2.34. The van der Waals surface area contributed by atoms with E-state index in [0.717, 1.165) is 12.1 Å². The first-order valence-electron chi connectivity index (χ1n) is 9.86. The van der Waals surface area contributed by atoms with Gasteiger partial charge >= 0.3 is 0 Å². The number of aromatic nitrogens is 2. The molecule has 1 aromatic heterocycles. The van der Waals surface area contributed by atoms with E-state index in [1.54, 1.807) is 4.90 Å². The van der Waals surface area contributed by atoms with Gasteiger partial charge in [0, 0.05) is 50.2 Å². The lowest BCUT2D eigenvalue weighted by atomic mass is 10.1. The molecule has 0 aliphatic carbocycles. The number of nitrogens with one attached hydrogen (secondary N) is 1. The van der Waals surface area contributed by atoms with Crippen LogP contribution in [-0.2, 0) is 10.0 Å². The van der Waals surface area contributed by atoms with Crippen LogP contribution in [0.25, 0.3) is 11.1 Å². The van der Waals surface area contributed by atoms with Crippen molar-refractivity contribution < 1.29 is 27.2 Å². The van der Waals surface area contributed by atoms with Gasteiger partial charge in [0.25, 0.3) is 5.91 Å². The van der Waals surface area contributed by atoms with Crippen LogP contribution in [0.15, 0.2) is 59.8 Å². The van der Waals surface area contributed by atoms with Gasteiger partial charge < -0.3 is 4.90 Å². The highest BCUT2D eigenvalue weighted by molar-refractivity contribution is 7.89. The number of carbonyl (C=O) groups excluding carboxylic acids is 1. The molecule has 2 heterocycles. The molecule has 33 heavy (non-hydrogen) atoms. The van der Waals surface area contributed by atoms with Crippen molar-refractivity contribution in [2.24, 2.45) is 0 Å². The van der Waals surface area contributed by atoms with E-state index in [0.29, 0.717) is 24.6 Å². The predicted octanol–water partition coefficient (Wildman–Crippen LogP) is 2.05. The van der Waals surface area contributed by atoms with Crippen LogP contribution in [0.1, 0.15) is 10.4 Å². The van der Waals surface area contributed by atoms with Crippen LogP contribution < -0.4 is 10.4 Å². The highest BCUT2D eigenvalue weighted by Gasteiger charge is 2.29. The van der Waals surface area contributed by atoms with Crippen molar-refractivity contribution in [1.29, 1.82) is 0 Å². The Morgan fingerprint density at radius 1 is 0.970 bits per heavy atom. The molecule has 1 fully saturated rings. The van der Waals surface area contributed by atoms with E-state index >= 15 is 0 Å². The fraction of sp³-hybridized carbons (Fsp3) is 0.190. The summed E-state index contributed by atoms with van der Waals surface area (Å²) in [6, 6.07) is 8.98. The Labute approximate surface area is 188 Å². The molecule has 0 unspecified atom stereocenters. The molecule has 172 valence electrons. The quantitative estimate of drug-likeness (QED) is 0.429. The molecule has 0 bridgehead atoms. The molecule has 12 heteroatoms. The minimum atomic E-state index is -3.77. The van der Waals surface area contributed by atoms with Gasteiger partial charge in [-0.2, -0.15) is 4.31 Å². The molecule has 0 spiro atoms. The summed E-state index contributed by atoms with van der Waals surface area (Å²) in [5, 5.41) is 8.64. The zero-order valence-corrected chi connectivity index (χ0v) is 18.0. The maximum atomic E-state index is 14.0. The molecule has 1 amide bonds. The van der Waals surface area contributed by atoms with E-state index in [2.05, 4.69) is 9.97 Å². The predicted molar refractivity (Wildman–Crippen MR) is 114 cm³/mol. The minimum Gasteiger partial charge on any atom is -0.338 e. The van der Waals surface area contributed by atoms with Crippen molar-refractivity contribution in [2.75, 3.05) is 31.1 Å². The summed E-state index contributed by atoms with van der Waals surface area (Å²) in [4.78, 5) is 21.4. The van der Waals surface area contributed by atoms with Crippen LogP contribution >= 0.6 is 0 Å². The van der Waals surface area contributed by atoms with Gasteiger partial charge in [-0.3, -0.25) is 10.0 Å². The first kappa shape index (κ1) is 22.7. The Kier molecular flexibility index (Phi) is 6.31. The molecule has 4 rings (SSSR count). The second-order valence-electron chi connectivity index (χ2n) is 7.25. The molecular formula is C21H19F2N5O4S. The van der Waals surface area contributed by atoms with Crippen molar-refractivity contribution in [3.8, 4) is 11.1 Å². The van der Waals surface area contributed by atoms with Crippen LogP contribution in [0.2, 0.25) is 0 Å². The maximum Gasteiger partial charge on any atom is 0.277 e. The lowest BCUT2D eigenvalue weighted by molar-refractivity contribution is 0.0705. The highest BCUT2D eigenvalue weighted by atomic mass is 32.2. The van der Waals surface area contributed by atoms with E-state index in [4.69, 9.17) is 5.21 Å². The Balaban J connectivity index is 1.44. The van der Waals surface area contributed by atoms with Gasteiger partial charge in [-0.15, -0.1) is 0 Å². The number of amides is 1. The van der Waals surface area contributed by atoms with E-state index in [-0.39, 0.29) is 29.1 Å². The van der Waals surface area contributed by atoms with Crippen LogP contribution in [0.4, 0.5) is 14.7 Å². The van der Waals surface area contributed by atoms with Gasteiger partial charge in [0.05, 0.1) is 10.5 Å². The van der Waals surface area contributed by atoms with Crippen molar-refractivity contribution in [3.63, 3.8) is 0 Å². The number of hydrogen-bond donors (Lipinski definition) is 2. The number of sulfonamides is 1. The summed E-state index contributed by atoms with van der Waals surface area (Å²) in [6.45, 7) is 1.06. The smallest absolute Gasteiger partial charge is 0.277 e. The molecule has 0 atom stereocenters. The number of rotatable bonds is 5. The zero-order chi connectivity index (χ0) is 23.6. The number of piperazine rings is 1. The van der Waals surface area contributed by atoms with Crippen molar-refractivity contribution in [1.82, 2.24) is 19.8 Å². The fourth-order valence-electron chi connectivity index (χ4n) is 3.47. The normalized spacial score (nSPS) is 14.8. The Morgan fingerprint density at radius 2 is 1.61 bits per heavy atom. The number of carbonyl (C=O) groups is 1. The number of hydrogen-bond acceptors (Lipinski definition) is 7. The average Bonchev–Trinajstić information content (AvgIpc) is 2.84. The Morgan fingerprint density at radius 3 is 2.18 bits per heavy atom. The minimum absolute atomic E-state index is 0.0674. The third-order valence-corrected chi connectivity index (χ3v) is 7.17. The average molecular weight is 475 g/mol. The lowest BCUT2D eigenvalue weighted by Crippen LogP contribution is -2.49. The Bertz CT molecular complexity index is 1260. The third-order valence-electron chi connectivity index (χ3n) is 5.26. The molecule has 1 aliphatic heterocycles. The molecule has 0 saturated carbocycles.